The number of aryl methyl sites for hydroxylation is 1. The number of amides is 1. The average molecular weight is 397 g/mol. The zero-order chi connectivity index (χ0) is 19.7. The number of hydrogen-bond donors (Lipinski definition) is 1. The third kappa shape index (κ3) is 7.99. The number of carbonyl (C=O) groups is 1. The number of ether oxygens (including phenoxy) is 1. The van der Waals surface area contributed by atoms with Crippen LogP contribution in [0.5, 0.6) is 0 Å². The van der Waals surface area contributed by atoms with E-state index in [9.17, 15) is 13.2 Å². The van der Waals surface area contributed by atoms with Crippen LogP contribution in [0.15, 0.2) is 30.3 Å². The van der Waals surface area contributed by atoms with Crippen LogP contribution in [-0.2, 0) is 25.8 Å². The molecule has 1 heterocycles. The van der Waals surface area contributed by atoms with Crippen LogP contribution in [0.1, 0.15) is 25.8 Å². The Morgan fingerprint density at radius 1 is 1.19 bits per heavy atom. The van der Waals surface area contributed by atoms with E-state index in [2.05, 4.69) is 24.1 Å². The van der Waals surface area contributed by atoms with E-state index >= 15 is 0 Å². The van der Waals surface area contributed by atoms with Gasteiger partial charge in [0.05, 0.1) is 19.0 Å². The normalized spacial score (nSPS) is 17.0. The monoisotopic (exact) mass is 396 g/mol. The topological polar surface area (TPSA) is 75.7 Å². The van der Waals surface area contributed by atoms with Gasteiger partial charge in [0, 0.05) is 25.7 Å². The lowest BCUT2D eigenvalue weighted by Gasteiger charge is -2.36. The van der Waals surface area contributed by atoms with Crippen molar-refractivity contribution in [3.8, 4) is 0 Å². The molecule has 0 aromatic heterocycles. The first-order valence-corrected chi connectivity index (χ1v) is 11.5. The molecule has 1 aliphatic heterocycles. The van der Waals surface area contributed by atoms with Crippen molar-refractivity contribution < 1.29 is 17.9 Å². The van der Waals surface area contributed by atoms with Crippen LogP contribution in [0.4, 0.5) is 0 Å². The summed E-state index contributed by atoms with van der Waals surface area (Å²) in [5.41, 5.74) is 1.11. The van der Waals surface area contributed by atoms with Gasteiger partial charge in [-0.25, -0.2) is 8.42 Å². The van der Waals surface area contributed by atoms with Crippen LogP contribution >= 0.6 is 0 Å². The average Bonchev–Trinajstić information content (AvgIpc) is 2.63. The molecule has 0 spiro atoms. The number of morpholine rings is 1. The highest BCUT2D eigenvalue weighted by Crippen LogP contribution is 2.12. The quantitative estimate of drug-likeness (QED) is 0.649. The predicted octanol–water partition coefficient (Wildman–Crippen LogP) is 1.51. The third-order valence-electron chi connectivity index (χ3n) is 4.91. The maximum atomic E-state index is 12.2. The zero-order valence-electron chi connectivity index (χ0n) is 16.4. The fourth-order valence-corrected chi connectivity index (χ4v) is 4.61. The van der Waals surface area contributed by atoms with Gasteiger partial charge in [-0.05, 0) is 24.3 Å². The van der Waals surface area contributed by atoms with Crippen LogP contribution in [0.25, 0.3) is 0 Å². The molecule has 0 bridgehead atoms. The van der Waals surface area contributed by atoms with E-state index in [-0.39, 0.29) is 11.8 Å². The number of benzene rings is 1. The van der Waals surface area contributed by atoms with Gasteiger partial charge >= 0.3 is 0 Å². The second-order valence-corrected chi connectivity index (χ2v) is 9.63. The second-order valence-electron chi connectivity index (χ2n) is 7.44. The highest BCUT2D eigenvalue weighted by Gasteiger charge is 2.25. The molecule has 0 saturated carbocycles. The van der Waals surface area contributed by atoms with Gasteiger partial charge in [0.2, 0.25) is 5.91 Å². The molecule has 7 heteroatoms. The van der Waals surface area contributed by atoms with Crippen LogP contribution in [0.2, 0.25) is 0 Å². The molecule has 1 saturated heterocycles. The van der Waals surface area contributed by atoms with E-state index in [4.69, 9.17) is 4.74 Å². The van der Waals surface area contributed by atoms with Crippen molar-refractivity contribution in [1.82, 2.24) is 10.2 Å². The summed E-state index contributed by atoms with van der Waals surface area (Å²) in [5, 5.41) is 2.83. The predicted molar refractivity (Wildman–Crippen MR) is 107 cm³/mol. The summed E-state index contributed by atoms with van der Waals surface area (Å²) in [6.45, 7) is 7.79. The van der Waals surface area contributed by atoms with E-state index in [1.807, 2.05) is 30.3 Å². The highest BCUT2D eigenvalue weighted by atomic mass is 32.2. The van der Waals surface area contributed by atoms with E-state index in [0.29, 0.717) is 38.5 Å². The Kier molecular flexibility index (Phi) is 8.73. The summed E-state index contributed by atoms with van der Waals surface area (Å²) >= 11 is 0. The number of carbonyl (C=O) groups excluding carboxylic acids is 1. The Hall–Kier alpha value is -1.44. The van der Waals surface area contributed by atoms with Crippen molar-refractivity contribution in [3.05, 3.63) is 35.9 Å². The lowest BCUT2D eigenvalue weighted by Crippen LogP contribution is -2.51. The first-order valence-electron chi connectivity index (χ1n) is 9.70. The molecule has 0 radical (unpaired) electrons. The van der Waals surface area contributed by atoms with Crippen LogP contribution in [0.3, 0.4) is 0 Å². The standard InChI is InChI=1S/C20H32N2O4S/c1-17(2)19(22-10-12-26-13-11-22)15-21-20(23)16-27(24,25)14-6-9-18-7-4-3-5-8-18/h3-5,7-8,17,19H,6,9-16H2,1-2H3,(H,21,23). The maximum absolute atomic E-state index is 12.2. The second kappa shape index (κ2) is 10.8. The smallest absolute Gasteiger partial charge is 0.235 e. The molecular formula is C20H32N2O4S. The summed E-state index contributed by atoms with van der Waals surface area (Å²) in [4.78, 5) is 14.5. The van der Waals surface area contributed by atoms with Gasteiger partial charge in [-0.3, -0.25) is 9.69 Å². The first-order chi connectivity index (χ1) is 12.9. The van der Waals surface area contributed by atoms with Crippen molar-refractivity contribution in [2.45, 2.75) is 32.7 Å². The minimum absolute atomic E-state index is 0.0341. The summed E-state index contributed by atoms with van der Waals surface area (Å²) in [5.74, 6) is -0.443. The van der Waals surface area contributed by atoms with Gasteiger partial charge in [-0.2, -0.15) is 0 Å². The Balaban J connectivity index is 1.75. The Bertz CT molecular complexity index is 670. The van der Waals surface area contributed by atoms with Gasteiger partial charge in [-0.15, -0.1) is 0 Å². The van der Waals surface area contributed by atoms with E-state index in [0.717, 1.165) is 18.7 Å². The largest absolute Gasteiger partial charge is 0.379 e. The summed E-state index contributed by atoms with van der Waals surface area (Å²) in [7, 11) is -3.39. The number of rotatable bonds is 10. The SMILES string of the molecule is CC(C)C(CNC(=O)CS(=O)(=O)CCCc1ccccc1)N1CCOCC1. The molecule has 1 aromatic rings. The number of nitrogens with zero attached hydrogens (tertiary/aromatic N) is 1. The molecule has 1 unspecified atom stereocenters. The third-order valence-corrected chi connectivity index (χ3v) is 6.52. The van der Waals surface area contributed by atoms with Crippen LogP contribution in [0, 0.1) is 5.92 Å². The van der Waals surface area contributed by atoms with Crippen molar-refractivity contribution in [2.75, 3.05) is 44.4 Å². The fraction of sp³-hybridized carbons (Fsp3) is 0.650. The molecule has 0 aliphatic carbocycles. The molecular weight excluding hydrogens is 364 g/mol. The van der Waals surface area contributed by atoms with Crippen molar-refractivity contribution in [1.29, 1.82) is 0 Å². The van der Waals surface area contributed by atoms with Gasteiger partial charge in [0.15, 0.2) is 9.84 Å². The first kappa shape index (κ1) is 21.9. The molecule has 2 rings (SSSR count). The van der Waals surface area contributed by atoms with Gasteiger partial charge in [0.25, 0.3) is 0 Å². The molecule has 152 valence electrons. The number of hydrogen-bond acceptors (Lipinski definition) is 5. The molecule has 1 fully saturated rings. The maximum Gasteiger partial charge on any atom is 0.235 e. The van der Waals surface area contributed by atoms with Crippen LogP contribution in [-0.4, -0.2) is 69.6 Å². The van der Waals surface area contributed by atoms with Crippen molar-refractivity contribution >= 4 is 15.7 Å². The number of nitrogens with one attached hydrogen (secondary N) is 1. The van der Waals surface area contributed by atoms with E-state index in [1.54, 1.807) is 0 Å². The zero-order valence-corrected chi connectivity index (χ0v) is 17.2. The Morgan fingerprint density at radius 3 is 2.48 bits per heavy atom. The molecule has 6 nitrogen and oxygen atoms in total. The molecule has 1 aromatic carbocycles. The lowest BCUT2D eigenvalue weighted by atomic mass is 10.0. The van der Waals surface area contributed by atoms with Crippen LogP contribution < -0.4 is 5.32 Å². The molecule has 1 atom stereocenters. The van der Waals surface area contributed by atoms with Crippen molar-refractivity contribution in [3.63, 3.8) is 0 Å². The van der Waals surface area contributed by atoms with Gasteiger partial charge in [-0.1, -0.05) is 44.2 Å². The minimum Gasteiger partial charge on any atom is -0.379 e. The molecule has 1 aliphatic rings. The molecule has 1 amide bonds. The number of sulfone groups is 1. The molecule has 1 N–H and O–H groups in total. The summed E-state index contributed by atoms with van der Waals surface area (Å²) < 4.78 is 29.8. The highest BCUT2D eigenvalue weighted by molar-refractivity contribution is 7.92. The lowest BCUT2D eigenvalue weighted by molar-refractivity contribution is -0.119. The van der Waals surface area contributed by atoms with Gasteiger partial charge < -0.3 is 10.1 Å². The van der Waals surface area contributed by atoms with E-state index in [1.165, 1.54) is 0 Å². The fourth-order valence-electron chi connectivity index (χ4n) is 3.38. The van der Waals surface area contributed by atoms with E-state index < -0.39 is 21.5 Å². The summed E-state index contributed by atoms with van der Waals surface area (Å²) in [6, 6.07) is 9.98. The minimum atomic E-state index is -3.39. The van der Waals surface area contributed by atoms with Gasteiger partial charge in [0.1, 0.15) is 5.75 Å². The summed E-state index contributed by atoms with van der Waals surface area (Å²) in [6.07, 6.45) is 1.23. The Labute approximate surface area is 163 Å². The Morgan fingerprint density at radius 2 is 1.85 bits per heavy atom. The van der Waals surface area contributed by atoms with Crippen molar-refractivity contribution in [2.24, 2.45) is 5.92 Å². The molecule has 27 heavy (non-hydrogen) atoms.